The number of carbonyl (C=O) groups is 17. The number of carboxylic acid groups (broad SMARTS) is 5. The van der Waals surface area contributed by atoms with E-state index < -0.39 is 242 Å². The lowest BCUT2D eigenvalue weighted by Gasteiger charge is -2.31. The number of benzene rings is 4. The van der Waals surface area contributed by atoms with Crippen LogP contribution in [0, 0.1) is 11.3 Å². The van der Waals surface area contributed by atoms with Gasteiger partial charge in [-0.05, 0) is 110 Å². The number of nitrogens with one attached hydrogen (secondary N) is 14. The van der Waals surface area contributed by atoms with Crippen molar-refractivity contribution < 1.29 is 117 Å². The van der Waals surface area contributed by atoms with Gasteiger partial charge in [0.25, 0.3) is 0 Å². The van der Waals surface area contributed by atoms with E-state index in [-0.39, 0.29) is 81.9 Å². The van der Waals surface area contributed by atoms with Gasteiger partial charge in [-0.1, -0.05) is 86.6 Å². The number of carbonyl (C=O) groups excluding carboxylic acids is 12. The normalized spacial score (nSPS) is 15.3. The molecule has 0 radical (unpaired) electrons. The highest BCUT2D eigenvalue weighted by molar-refractivity contribution is 7.80. The number of hydrogen-bond donors (Lipinski definition) is 25. The molecule has 1 saturated heterocycles. The predicted octanol–water partition coefficient (Wildman–Crippen LogP) is -2.57. The van der Waals surface area contributed by atoms with Gasteiger partial charge in [0.1, 0.15) is 84.0 Å². The van der Waals surface area contributed by atoms with Crippen molar-refractivity contribution >= 4 is 143 Å². The predicted molar refractivity (Wildman–Crippen MR) is 442 cm³/mol. The third-order valence-corrected chi connectivity index (χ3v) is 20.1. The number of hydrogen-bond acceptors (Lipinski definition) is 23. The fraction of sp³-hybridized carbons (Fsp3) is 0.443. The van der Waals surface area contributed by atoms with Crippen LogP contribution in [0.25, 0.3) is 10.9 Å². The number of thiol groups is 2. The first kappa shape index (κ1) is 97.8. The summed E-state index contributed by atoms with van der Waals surface area (Å²) >= 11 is 8.53. The number of nitrogens with zero attached hydrogens (tertiary/aromatic N) is 1. The Balaban J connectivity index is 1.19. The maximum Gasteiger partial charge on any atom is 0.326 e. The first-order valence-electron chi connectivity index (χ1n) is 38.8. The van der Waals surface area contributed by atoms with Gasteiger partial charge < -0.3 is 121 Å². The SMILES string of the molecule is CC(C)C[C@H](NC(=O)[C@H](CS)NC(=O)[C@H](CS)NC(=O)[C@H](CCC(=O)O)NC(=O)[C@H](Cc1ccc(O)cc1)NC(=O)[C@H](Cc1ccc(O)cc1)NC(=O)[C@H](CCCNC(=N)N)NC(=O)[C@@H](N)Cc1ccccc1)C(=O)N[C@@H](CCC(=O)O)C(=O)N1CCC[C@H]1C(=O)N[C@@H](Cc1c[nH]c2ccccc12)C(=O)N[C@@H](CC(=O)O)C(=O)N[C@@H](CC(=O)O)C(=O)O. The number of aliphatic carboxylic acids is 5. The summed E-state index contributed by atoms with van der Waals surface area (Å²) < 4.78 is 0. The summed E-state index contributed by atoms with van der Waals surface area (Å²) in [4.78, 5) is 236. The highest BCUT2D eigenvalue weighted by Gasteiger charge is 2.42. The Morgan fingerprint density at radius 1 is 0.467 bits per heavy atom. The molecule has 0 saturated carbocycles. The number of amides is 12. The van der Waals surface area contributed by atoms with Crippen molar-refractivity contribution in [1.29, 1.82) is 5.41 Å². The molecule has 122 heavy (non-hydrogen) atoms. The molecule has 1 aliphatic rings. The van der Waals surface area contributed by atoms with E-state index in [9.17, 15) is 117 Å². The Bertz CT molecular complexity index is 4560. The van der Waals surface area contributed by atoms with Gasteiger partial charge in [0.2, 0.25) is 70.9 Å². The number of aromatic hydroxyl groups is 2. The summed E-state index contributed by atoms with van der Waals surface area (Å²) in [7, 11) is 0. The molecule has 25 N–H and O–H groups in total. The summed E-state index contributed by atoms with van der Waals surface area (Å²) in [5.41, 5.74) is 14.2. The Labute approximate surface area is 709 Å². The monoisotopic (exact) mass is 1740 g/mol. The van der Waals surface area contributed by atoms with Crippen LogP contribution in [-0.4, -0.2) is 255 Å². The molecular weight excluding hydrogens is 1640 g/mol. The highest BCUT2D eigenvalue weighted by atomic mass is 32.1. The quantitative estimate of drug-likeness (QED) is 0.00824. The van der Waals surface area contributed by atoms with Crippen LogP contribution in [0.15, 0.2) is 109 Å². The first-order valence-corrected chi connectivity index (χ1v) is 40.0. The van der Waals surface area contributed by atoms with Crippen molar-refractivity contribution in [1.82, 2.24) is 73.7 Å². The van der Waals surface area contributed by atoms with Gasteiger partial charge in [0.05, 0.1) is 18.9 Å². The standard InChI is InChI=1S/C79H103N17O24S2/c1-40(2)30-53(69(110)87-52(25-27-63(101)102)77(118)96-29-9-15-61(96)76(117)92-56(34-44-37-84-49-13-7-6-12-47(44)49)72(113)91-57(35-64(103)104)73(114)93-58(78(119)120)36-65(105)106)88-74(115)59(38-121)95-75(116)60(39-122)94-68(109)51(24-26-62(99)100)86-70(111)54(32-42-16-20-45(97)21-17-42)90-71(112)55(33-43-18-22-46(98)23-19-43)89-67(108)50(14-8-28-83-79(81)82)85-66(107)48(80)31-41-10-4-3-5-11-41/h3-7,10-13,16-23,37,40,48,50-61,84,97-98,121-122H,8-9,14-15,24-36,38-39,80H2,1-2H3,(H,85,107)(H,86,111)(H,87,110)(H,88,115)(H,89,108)(H,90,112)(H,91,113)(H,92,117)(H,93,114)(H,94,109)(H,95,116)(H,99,100)(H,101,102)(H,103,104)(H,105,106)(H,119,120)(H4,81,82,83)/t48-,50-,51-,52-,53-,54-,55-,56-,57-,58-,59-,60-,61-/m0/s1. The molecule has 0 aliphatic carbocycles. The molecule has 43 heteroatoms. The smallest absolute Gasteiger partial charge is 0.326 e. The number of phenolic OH excluding ortho intramolecular Hbond substituents is 2. The number of carboxylic acids is 5. The van der Waals surface area contributed by atoms with Crippen molar-refractivity contribution in [3.05, 3.63) is 132 Å². The Hall–Kier alpha value is -13.1. The number of guanidine groups is 1. The zero-order valence-corrected chi connectivity index (χ0v) is 68.3. The van der Waals surface area contributed by atoms with Crippen LogP contribution in [0.4, 0.5) is 0 Å². The summed E-state index contributed by atoms with van der Waals surface area (Å²) in [6.07, 6.45) is -4.68. The third-order valence-electron chi connectivity index (χ3n) is 19.4. The van der Waals surface area contributed by atoms with Crippen molar-refractivity contribution in [2.45, 2.75) is 189 Å². The topological polar surface area (TPSA) is 671 Å². The molecule has 2 heterocycles. The number of para-hydroxylation sites is 1. The van der Waals surface area contributed by atoms with Crippen LogP contribution >= 0.6 is 25.3 Å². The van der Waals surface area contributed by atoms with E-state index >= 15 is 0 Å². The molecule has 0 unspecified atom stereocenters. The van der Waals surface area contributed by atoms with E-state index in [0.717, 1.165) is 4.90 Å². The average Bonchev–Trinajstić information content (AvgIpc) is 1.63. The number of fused-ring (bicyclic) bond motifs is 1. The molecule has 0 spiro atoms. The summed E-state index contributed by atoms with van der Waals surface area (Å²) in [5, 5.41) is 106. The van der Waals surface area contributed by atoms with Gasteiger partial charge in [0, 0.05) is 73.8 Å². The first-order chi connectivity index (χ1) is 57.8. The second kappa shape index (κ2) is 48.3. The fourth-order valence-electron chi connectivity index (χ4n) is 13.1. The lowest BCUT2D eigenvalue weighted by molar-refractivity contribution is -0.148. The van der Waals surface area contributed by atoms with Crippen LogP contribution in [-0.2, 0) is 107 Å². The molecule has 12 amide bonds. The third kappa shape index (κ3) is 31.9. The minimum Gasteiger partial charge on any atom is -0.508 e. The van der Waals surface area contributed by atoms with Crippen molar-refractivity contribution in [3.8, 4) is 11.5 Å². The second-order valence-corrected chi connectivity index (χ2v) is 30.1. The van der Waals surface area contributed by atoms with Gasteiger partial charge in [-0.3, -0.25) is 82.1 Å². The number of aromatic nitrogens is 1. The Kier molecular flexibility index (Phi) is 38.7. The molecule has 0 bridgehead atoms. The zero-order valence-electron chi connectivity index (χ0n) is 66.5. The van der Waals surface area contributed by atoms with Gasteiger partial charge >= 0.3 is 29.8 Å². The fourth-order valence-corrected chi connectivity index (χ4v) is 13.6. The second-order valence-electron chi connectivity index (χ2n) is 29.3. The van der Waals surface area contributed by atoms with Crippen molar-refractivity contribution in [2.24, 2.45) is 17.4 Å². The molecule has 4 aromatic carbocycles. The zero-order chi connectivity index (χ0) is 90.0. The van der Waals surface area contributed by atoms with E-state index in [2.05, 4.69) is 88.7 Å². The molecule has 41 nitrogen and oxygen atoms in total. The Morgan fingerprint density at radius 3 is 1.39 bits per heavy atom. The maximum atomic E-state index is 14.9. The molecule has 660 valence electrons. The van der Waals surface area contributed by atoms with E-state index in [4.69, 9.17) is 16.9 Å². The minimum absolute atomic E-state index is 0.0729. The number of nitrogens with two attached hydrogens (primary N) is 2. The average molecular weight is 1740 g/mol. The molecule has 13 atom stereocenters. The van der Waals surface area contributed by atoms with Crippen LogP contribution < -0.4 is 75.3 Å². The van der Waals surface area contributed by atoms with Gasteiger partial charge in [-0.15, -0.1) is 0 Å². The lowest BCUT2D eigenvalue weighted by atomic mass is 10.0. The number of rotatable bonds is 50. The lowest BCUT2D eigenvalue weighted by Crippen LogP contribution is -2.61. The number of phenols is 2. The van der Waals surface area contributed by atoms with Gasteiger partial charge in [0.15, 0.2) is 5.96 Å². The van der Waals surface area contributed by atoms with E-state index in [1.165, 1.54) is 54.7 Å². The number of H-pyrrole nitrogens is 1. The van der Waals surface area contributed by atoms with Gasteiger partial charge in [-0.25, -0.2) is 4.79 Å². The molecule has 1 fully saturated rings. The Morgan fingerprint density at radius 2 is 0.877 bits per heavy atom. The molecule has 5 aromatic rings. The highest BCUT2D eigenvalue weighted by Crippen LogP contribution is 2.24. The maximum absolute atomic E-state index is 14.9. The molecule has 1 aliphatic heterocycles. The minimum atomic E-state index is -2.07. The molecule has 1 aromatic heterocycles. The molecule has 6 rings (SSSR count). The van der Waals surface area contributed by atoms with Crippen molar-refractivity contribution in [2.75, 3.05) is 24.6 Å². The summed E-state index contributed by atoms with van der Waals surface area (Å²) in [5.74, 6) is -23.0. The summed E-state index contributed by atoms with van der Waals surface area (Å²) in [6.45, 7) is 3.20. The van der Waals surface area contributed by atoms with E-state index in [1.54, 1.807) is 68.4 Å². The largest absolute Gasteiger partial charge is 0.508 e. The van der Waals surface area contributed by atoms with E-state index in [1.807, 2.05) is 5.32 Å². The van der Waals surface area contributed by atoms with Crippen LogP contribution in [0.2, 0.25) is 0 Å². The van der Waals surface area contributed by atoms with Crippen LogP contribution in [0.1, 0.15) is 107 Å². The van der Waals surface area contributed by atoms with Gasteiger partial charge in [-0.2, -0.15) is 25.3 Å². The number of aromatic amines is 1. The number of likely N-dealkylation sites (tertiary alicyclic amines) is 1. The van der Waals surface area contributed by atoms with Crippen LogP contribution in [0.5, 0.6) is 11.5 Å². The van der Waals surface area contributed by atoms with Crippen molar-refractivity contribution in [3.63, 3.8) is 0 Å². The van der Waals surface area contributed by atoms with Crippen LogP contribution in [0.3, 0.4) is 0 Å². The summed E-state index contributed by atoms with van der Waals surface area (Å²) in [6, 6.07) is 4.69. The van der Waals surface area contributed by atoms with E-state index in [0.29, 0.717) is 33.2 Å². The molecular formula is C79H103N17O24S2.